The minimum absolute atomic E-state index is 0.166. The highest BCUT2D eigenvalue weighted by Gasteiger charge is 2.13. The lowest BCUT2D eigenvalue weighted by atomic mass is 11.7. The van der Waals surface area contributed by atoms with Crippen LogP contribution >= 0.6 is 15.7 Å². The predicted octanol–water partition coefficient (Wildman–Crippen LogP) is 0.795. The first-order chi connectivity index (χ1) is 3.92. The highest BCUT2D eigenvalue weighted by Crippen LogP contribution is 2.40. The zero-order valence-electron chi connectivity index (χ0n) is 5.31. The van der Waals surface area contributed by atoms with E-state index in [1.807, 2.05) is 13.3 Å². The predicted molar refractivity (Wildman–Crippen MR) is 36.8 cm³/mol. The van der Waals surface area contributed by atoms with Crippen LogP contribution < -0.4 is 0 Å². The molecule has 0 heterocycles. The molecule has 0 aliphatic carbocycles. The van der Waals surface area contributed by atoms with E-state index in [1.165, 1.54) is 0 Å². The number of phosphoric acid groups is 1. The van der Waals surface area contributed by atoms with Crippen molar-refractivity contribution in [2.24, 2.45) is 0 Å². The average molecular weight is 172 g/mol. The molecule has 0 bridgehead atoms. The second-order valence-electron chi connectivity index (χ2n) is 1.83. The molecule has 0 saturated carbocycles. The second kappa shape index (κ2) is 3.65. The molecular weight excluding hydrogens is 162 g/mol. The van der Waals surface area contributed by atoms with Gasteiger partial charge in [-0.2, -0.15) is 0 Å². The molecule has 0 atom stereocenters. The first-order valence-corrected chi connectivity index (χ1v) is 6.22. The highest BCUT2D eigenvalue weighted by molar-refractivity contribution is 7.56. The SMILES string of the molecule is CP(C)COP(=O)(O)O. The van der Waals surface area contributed by atoms with Gasteiger partial charge in [0.2, 0.25) is 0 Å². The van der Waals surface area contributed by atoms with Crippen molar-refractivity contribution in [3.63, 3.8) is 0 Å². The lowest BCUT2D eigenvalue weighted by molar-refractivity contribution is 0.226. The summed E-state index contributed by atoms with van der Waals surface area (Å²) in [5.41, 5.74) is 0. The largest absolute Gasteiger partial charge is 0.469 e. The topological polar surface area (TPSA) is 66.8 Å². The van der Waals surface area contributed by atoms with Crippen LogP contribution in [0.25, 0.3) is 0 Å². The van der Waals surface area contributed by atoms with Gasteiger partial charge in [-0.3, -0.25) is 4.52 Å². The van der Waals surface area contributed by atoms with Crippen molar-refractivity contribution in [1.82, 2.24) is 0 Å². The molecule has 56 valence electrons. The molecule has 4 nitrogen and oxygen atoms in total. The van der Waals surface area contributed by atoms with Crippen LogP contribution in [0.1, 0.15) is 0 Å². The molecule has 2 N–H and O–H groups in total. The maximum atomic E-state index is 10.0. The third kappa shape index (κ3) is 8.54. The summed E-state index contributed by atoms with van der Waals surface area (Å²) >= 11 is 0. The zero-order chi connectivity index (χ0) is 7.49. The fraction of sp³-hybridized carbons (Fsp3) is 1.00. The Morgan fingerprint density at radius 1 is 1.56 bits per heavy atom. The monoisotopic (exact) mass is 172 g/mol. The van der Waals surface area contributed by atoms with Crippen molar-refractivity contribution >= 4 is 15.7 Å². The van der Waals surface area contributed by atoms with Crippen LogP contribution in [0.15, 0.2) is 0 Å². The summed E-state index contributed by atoms with van der Waals surface area (Å²) in [4.78, 5) is 16.3. The Bertz CT molecular complexity index is 117. The zero-order valence-corrected chi connectivity index (χ0v) is 7.10. The Kier molecular flexibility index (Phi) is 3.86. The van der Waals surface area contributed by atoms with Crippen LogP contribution in [0, 0.1) is 0 Å². The van der Waals surface area contributed by atoms with Gasteiger partial charge in [-0.1, -0.05) is 7.92 Å². The van der Waals surface area contributed by atoms with Crippen LogP contribution in [-0.2, 0) is 9.09 Å². The summed E-state index contributed by atoms with van der Waals surface area (Å²) in [6.45, 7) is 3.76. The molecule has 0 unspecified atom stereocenters. The van der Waals surface area contributed by atoms with E-state index in [1.54, 1.807) is 0 Å². The summed E-state index contributed by atoms with van der Waals surface area (Å²) < 4.78 is 14.2. The molecule has 0 saturated heterocycles. The molecule has 0 fully saturated rings. The van der Waals surface area contributed by atoms with Gasteiger partial charge in [0.15, 0.2) is 0 Å². The quantitative estimate of drug-likeness (QED) is 0.617. The van der Waals surface area contributed by atoms with Crippen LogP contribution in [0.2, 0.25) is 0 Å². The van der Waals surface area contributed by atoms with E-state index in [4.69, 9.17) is 9.79 Å². The summed E-state index contributed by atoms with van der Waals surface area (Å²) in [6, 6.07) is 0. The number of rotatable bonds is 3. The van der Waals surface area contributed by atoms with Gasteiger partial charge < -0.3 is 9.79 Å². The summed E-state index contributed by atoms with van der Waals surface area (Å²) in [6.07, 6.45) is 0.166. The molecule has 0 aromatic rings. The summed E-state index contributed by atoms with van der Waals surface area (Å²) in [7, 11) is -4.58. The molecule has 0 aliphatic heterocycles. The highest BCUT2D eigenvalue weighted by atomic mass is 31.2. The fourth-order valence-electron chi connectivity index (χ4n) is 0.191. The van der Waals surface area contributed by atoms with Gasteiger partial charge in [0.1, 0.15) is 0 Å². The van der Waals surface area contributed by atoms with Crippen molar-refractivity contribution in [2.75, 3.05) is 19.7 Å². The van der Waals surface area contributed by atoms with Gasteiger partial charge in [0, 0.05) is 0 Å². The Balaban J connectivity index is 3.40. The molecule has 9 heavy (non-hydrogen) atoms. The minimum atomic E-state index is -4.20. The molecule has 0 spiro atoms. The average Bonchev–Trinajstić information content (AvgIpc) is 1.59. The van der Waals surface area contributed by atoms with Gasteiger partial charge >= 0.3 is 7.82 Å². The third-order valence-electron chi connectivity index (χ3n) is 0.484. The van der Waals surface area contributed by atoms with Gasteiger partial charge in [-0.15, -0.1) is 0 Å². The van der Waals surface area contributed by atoms with E-state index in [-0.39, 0.29) is 14.3 Å². The van der Waals surface area contributed by atoms with E-state index >= 15 is 0 Å². The lowest BCUT2D eigenvalue weighted by Crippen LogP contribution is -1.88. The molecule has 6 heteroatoms. The Labute approximate surface area is 55.2 Å². The maximum Gasteiger partial charge on any atom is 0.469 e. The van der Waals surface area contributed by atoms with Gasteiger partial charge in [-0.05, 0) is 13.3 Å². The van der Waals surface area contributed by atoms with Gasteiger partial charge in [0.25, 0.3) is 0 Å². The fourth-order valence-corrected chi connectivity index (χ4v) is 1.72. The normalized spacial score (nSPS) is 12.6. The molecule has 0 amide bonds. The summed E-state index contributed by atoms with van der Waals surface area (Å²) in [5, 5.41) is 0. The van der Waals surface area contributed by atoms with E-state index in [0.717, 1.165) is 0 Å². The Morgan fingerprint density at radius 3 is 2.11 bits per heavy atom. The molecule has 0 aromatic heterocycles. The van der Waals surface area contributed by atoms with Crippen molar-refractivity contribution in [2.45, 2.75) is 0 Å². The van der Waals surface area contributed by atoms with Crippen molar-refractivity contribution in [3.8, 4) is 0 Å². The van der Waals surface area contributed by atoms with E-state index in [9.17, 15) is 4.57 Å². The van der Waals surface area contributed by atoms with Crippen LogP contribution in [0.4, 0.5) is 0 Å². The second-order valence-corrected chi connectivity index (χ2v) is 5.49. The van der Waals surface area contributed by atoms with Crippen LogP contribution in [0.5, 0.6) is 0 Å². The summed E-state index contributed by atoms with van der Waals surface area (Å²) in [5.74, 6) is 0. The standard InChI is InChI=1S/C3H10O4P2/c1-8(2)3-7-9(4,5)6/h3H2,1-2H3,(H2,4,5,6). The number of phosphoric ester groups is 1. The van der Waals surface area contributed by atoms with Gasteiger partial charge in [-0.25, -0.2) is 4.57 Å². The molecule has 0 radical (unpaired) electrons. The molecule has 0 aliphatic rings. The Morgan fingerprint density at radius 2 is 2.00 bits per heavy atom. The van der Waals surface area contributed by atoms with Crippen molar-refractivity contribution in [3.05, 3.63) is 0 Å². The molecule has 0 aromatic carbocycles. The molecular formula is C3H10O4P2. The number of hydrogen-bond donors (Lipinski definition) is 2. The smallest absolute Gasteiger partial charge is 0.303 e. The van der Waals surface area contributed by atoms with E-state index in [2.05, 4.69) is 4.52 Å². The van der Waals surface area contributed by atoms with Crippen molar-refractivity contribution < 1.29 is 18.9 Å². The maximum absolute atomic E-state index is 10.0. The van der Waals surface area contributed by atoms with Gasteiger partial charge in [0.05, 0.1) is 6.35 Å². The van der Waals surface area contributed by atoms with Crippen LogP contribution in [0.3, 0.4) is 0 Å². The van der Waals surface area contributed by atoms with E-state index in [0.29, 0.717) is 0 Å². The number of hydrogen-bond acceptors (Lipinski definition) is 2. The lowest BCUT2D eigenvalue weighted by Gasteiger charge is -2.06. The first-order valence-electron chi connectivity index (χ1n) is 2.26. The first kappa shape index (κ1) is 9.54. The van der Waals surface area contributed by atoms with Crippen LogP contribution in [-0.4, -0.2) is 29.5 Å². The Hall–Kier alpha value is 0.540. The third-order valence-corrected chi connectivity index (χ3v) is 1.80. The minimum Gasteiger partial charge on any atom is -0.303 e. The molecule has 0 rings (SSSR count). The van der Waals surface area contributed by atoms with E-state index < -0.39 is 7.82 Å². The van der Waals surface area contributed by atoms with Crippen molar-refractivity contribution in [1.29, 1.82) is 0 Å².